The van der Waals surface area contributed by atoms with E-state index in [1.807, 2.05) is 11.8 Å². The predicted molar refractivity (Wildman–Crippen MR) is 114 cm³/mol. The highest BCUT2D eigenvalue weighted by atomic mass is 127. The highest BCUT2D eigenvalue weighted by molar-refractivity contribution is 14.0. The maximum atomic E-state index is 5.31. The Kier molecular flexibility index (Phi) is 12.0. The van der Waals surface area contributed by atoms with Gasteiger partial charge in [-0.2, -0.15) is 11.8 Å². The van der Waals surface area contributed by atoms with E-state index >= 15 is 0 Å². The molecule has 138 valence electrons. The number of nitrogens with zero attached hydrogens (tertiary/aromatic N) is 1. The van der Waals surface area contributed by atoms with E-state index in [-0.39, 0.29) is 28.7 Å². The fourth-order valence-electron chi connectivity index (χ4n) is 2.91. The van der Waals surface area contributed by atoms with Crippen LogP contribution in [0, 0.1) is 5.41 Å². The van der Waals surface area contributed by atoms with Crippen molar-refractivity contribution in [2.24, 2.45) is 10.4 Å². The summed E-state index contributed by atoms with van der Waals surface area (Å²) < 4.78 is 5.50. The second-order valence-corrected chi connectivity index (χ2v) is 8.48. The van der Waals surface area contributed by atoms with Crippen molar-refractivity contribution in [3.8, 4) is 0 Å². The molecule has 6 heteroatoms. The molecule has 0 aromatic carbocycles. The van der Waals surface area contributed by atoms with Crippen molar-refractivity contribution in [1.82, 2.24) is 10.6 Å². The van der Waals surface area contributed by atoms with Crippen LogP contribution < -0.4 is 10.6 Å². The number of nitrogens with one attached hydrogen (secondary N) is 2. The van der Waals surface area contributed by atoms with E-state index in [9.17, 15) is 0 Å². The molecule has 0 heterocycles. The van der Waals surface area contributed by atoms with Crippen LogP contribution >= 0.6 is 35.7 Å². The number of thioether (sulfide) groups is 1. The molecule has 0 aliphatic heterocycles. The molecule has 1 rings (SSSR count). The number of aliphatic imine (C=N–C) groups is 1. The van der Waals surface area contributed by atoms with Crippen LogP contribution in [0.4, 0.5) is 0 Å². The Balaban J connectivity index is 0.00000484. The molecule has 0 unspecified atom stereocenters. The van der Waals surface area contributed by atoms with Crippen LogP contribution in [-0.4, -0.2) is 50.3 Å². The number of guanidine groups is 1. The second-order valence-electron chi connectivity index (χ2n) is 6.96. The third kappa shape index (κ3) is 8.82. The molecule has 0 saturated heterocycles. The van der Waals surface area contributed by atoms with Crippen LogP contribution in [0.3, 0.4) is 0 Å². The Morgan fingerprint density at radius 1 is 1.26 bits per heavy atom. The number of hydrogen-bond acceptors (Lipinski definition) is 3. The van der Waals surface area contributed by atoms with Gasteiger partial charge in [0, 0.05) is 31.6 Å². The number of rotatable bonds is 9. The predicted octanol–water partition coefficient (Wildman–Crippen LogP) is 3.90. The lowest BCUT2D eigenvalue weighted by Crippen LogP contribution is -2.44. The van der Waals surface area contributed by atoms with E-state index in [4.69, 9.17) is 9.73 Å². The molecule has 0 aromatic heterocycles. The number of ether oxygens (including phenoxy) is 1. The molecule has 1 fully saturated rings. The Labute approximate surface area is 164 Å². The maximum absolute atomic E-state index is 5.31. The van der Waals surface area contributed by atoms with E-state index in [0.29, 0.717) is 5.41 Å². The van der Waals surface area contributed by atoms with Crippen molar-refractivity contribution < 1.29 is 4.74 Å². The van der Waals surface area contributed by atoms with Crippen LogP contribution in [0.1, 0.15) is 52.9 Å². The SMILES string of the molecule is CCNC(=NCC(C)(C)SC)NCC1(CCOC)CCCC1.I. The van der Waals surface area contributed by atoms with E-state index in [1.54, 1.807) is 7.11 Å². The fourth-order valence-corrected chi connectivity index (χ4v) is 3.10. The van der Waals surface area contributed by atoms with Crippen LogP contribution in [0.15, 0.2) is 4.99 Å². The Bertz CT molecular complexity index is 345. The molecule has 23 heavy (non-hydrogen) atoms. The average molecular weight is 457 g/mol. The van der Waals surface area contributed by atoms with Gasteiger partial charge >= 0.3 is 0 Å². The highest BCUT2D eigenvalue weighted by Gasteiger charge is 2.33. The molecule has 0 bridgehead atoms. The van der Waals surface area contributed by atoms with E-state index in [1.165, 1.54) is 25.7 Å². The minimum absolute atomic E-state index is 0. The molecule has 1 aliphatic rings. The molecule has 0 amide bonds. The molecule has 0 spiro atoms. The van der Waals surface area contributed by atoms with Crippen molar-refractivity contribution >= 4 is 41.7 Å². The fraction of sp³-hybridized carbons (Fsp3) is 0.941. The third-order valence-electron chi connectivity index (χ3n) is 4.65. The first kappa shape index (κ1) is 23.3. The highest BCUT2D eigenvalue weighted by Crippen LogP contribution is 2.40. The summed E-state index contributed by atoms with van der Waals surface area (Å²) in [6.45, 7) is 10.2. The monoisotopic (exact) mass is 457 g/mol. The van der Waals surface area contributed by atoms with Gasteiger partial charge in [0.25, 0.3) is 0 Å². The minimum atomic E-state index is 0. The van der Waals surface area contributed by atoms with Crippen molar-refractivity contribution in [3.05, 3.63) is 0 Å². The third-order valence-corrected chi connectivity index (χ3v) is 5.88. The number of methoxy groups -OCH3 is 1. The molecular weight excluding hydrogens is 421 g/mol. The first-order valence-corrected chi connectivity index (χ1v) is 9.76. The van der Waals surface area contributed by atoms with Crippen molar-refractivity contribution in [2.45, 2.75) is 57.6 Å². The Morgan fingerprint density at radius 3 is 2.43 bits per heavy atom. The standard InChI is InChI=1S/C17H35N3OS.HI/c1-6-18-15(19-13-16(2,3)22-5)20-14-17(11-12-21-4)9-7-8-10-17;/h6-14H2,1-5H3,(H2,18,19,20);1H. The van der Waals surface area contributed by atoms with Crippen LogP contribution in [0.2, 0.25) is 0 Å². The molecule has 0 aromatic rings. The van der Waals surface area contributed by atoms with Crippen LogP contribution in [0.25, 0.3) is 0 Å². The largest absolute Gasteiger partial charge is 0.385 e. The van der Waals surface area contributed by atoms with E-state index in [0.717, 1.165) is 38.6 Å². The van der Waals surface area contributed by atoms with Crippen molar-refractivity contribution in [1.29, 1.82) is 0 Å². The topological polar surface area (TPSA) is 45.7 Å². The summed E-state index contributed by atoms with van der Waals surface area (Å²) in [5.41, 5.74) is 0.390. The maximum Gasteiger partial charge on any atom is 0.191 e. The van der Waals surface area contributed by atoms with E-state index < -0.39 is 0 Å². The smallest absolute Gasteiger partial charge is 0.191 e. The molecule has 1 saturated carbocycles. The van der Waals surface area contributed by atoms with Gasteiger partial charge in [-0.25, -0.2) is 0 Å². The summed E-state index contributed by atoms with van der Waals surface area (Å²) in [4.78, 5) is 4.77. The molecule has 4 nitrogen and oxygen atoms in total. The first-order valence-electron chi connectivity index (χ1n) is 8.53. The van der Waals surface area contributed by atoms with Crippen LogP contribution in [0.5, 0.6) is 0 Å². The lowest BCUT2D eigenvalue weighted by molar-refractivity contribution is 0.138. The van der Waals surface area contributed by atoms with Crippen LogP contribution in [-0.2, 0) is 4.74 Å². The van der Waals surface area contributed by atoms with Gasteiger partial charge in [0.2, 0.25) is 0 Å². The van der Waals surface area contributed by atoms with Gasteiger partial charge in [0.15, 0.2) is 5.96 Å². The first-order chi connectivity index (χ1) is 10.5. The summed E-state index contributed by atoms with van der Waals surface area (Å²) in [6.07, 6.45) is 8.59. The summed E-state index contributed by atoms with van der Waals surface area (Å²) in [5.74, 6) is 0.952. The normalized spacial score (nSPS) is 17.7. The summed E-state index contributed by atoms with van der Waals surface area (Å²) in [6, 6.07) is 0. The summed E-state index contributed by atoms with van der Waals surface area (Å²) in [7, 11) is 1.80. The number of hydrogen-bond donors (Lipinski definition) is 2. The van der Waals surface area contributed by atoms with E-state index in [2.05, 4.69) is 37.7 Å². The lowest BCUT2D eigenvalue weighted by atomic mass is 9.83. The molecule has 0 radical (unpaired) electrons. The van der Waals surface area contributed by atoms with Gasteiger partial charge in [-0.15, -0.1) is 24.0 Å². The number of halogens is 1. The molecule has 1 aliphatic carbocycles. The zero-order valence-corrected chi connectivity index (χ0v) is 18.7. The van der Waals surface area contributed by atoms with Gasteiger partial charge < -0.3 is 15.4 Å². The lowest BCUT2D eigenvalue weighted by Gasteiger charge is -2.30. The van der Waals surface area contributed by atoms with Gasteiger partial charge in [-0.1, -0.05) is 12.8 Å². The van der Waals surface area contributed by atoms with Gasteiger partial charge in [0.05, 0.1) is 6.54 Å². The van der Waals surface area contributed by atoms with Gasteiger partial charge in [0.1, 0.15) is 0 Å². The summed E-state index contributed by atoms with van der Waals surface area (Å²) in [5, 5.41) is 6.96. The van der Waals surface area contributed by atoms with Gasteiger partial charge in [-0.3, -0.25) is 4.99 Å². The van der Waals surface area contributed by atoms with Crippen molar-refractivity contribution in [2.75, 3.05) is 39.6 Å². The molecule has 2 N–H and O–H groups in total. The Morgan fingerprint density at radius 2 is 1.91 bits per heavy atom. The summed E-state index contributed by atoms with van der Waals surface area (Å²) >= 11 is 1.86. The zero-order chi connectivity index (χ0) is 16.5. The van der Waals surface area contributed by atoms with Gasteiger partial charge in [-0.05, 0) is 51.7 Å². The zero-order valence-electron chi connectivity index (χ0n) is 15.5. The quantitative estimate of drug-likeness (QED) is 0.313. The van der Waals surface area contributed by atoms with Crippen molar-refractivity contribution in [3.63, 3.8) is 0 Å². The average Bonchev–Trinajstić information content (AvgIpc) is 2.97. The minimum Gasteiger partial charge on any atom is -0.385 e. The molecule has 0 atom stereocenters. The molecular formula is C17H36IN3OS. The Hall–Kier alpha value is 0.310. The second kappa shape index (κ2) is 11.8.